The van der Waals surface area contributed by atoms with Crippen LogP contribution in [-0.4, -0.2) is 17.3 Å². The van der Waals surface area contributed by atoms with Crippen LogP contribution in [0.5, 0.6) is 11.5 Å². The number of carbonyl (C=O) groups is 1. The number of benzene rings is 2. The number of ether oxygens (including phenoxy) is 1. The van der Waals surface area contributed by atoms with Crippen molar-refractivity contribution in [1.82, 2.24) is 0 Å². The molecule has 18 heavy (non-hydrogen) atoms. The second-order valence-corrected chi connectivity index (χ2v) is 4.49. The van der Waals surface area contributed by atoms with Crippen molar-refractivity contribution in [1.29, 1.82) is 0 Å². The second-order valence-electron chi connectivity index (χ2n) is 3.61. The molecule has 92 valence electrons. The van der Waals surface area contributed by atoms with Gasteiger partial charge in [-0.2, -0.15) is 0 Å². The molecule has 0 aromatic heterocycles. The molecule has 0 aliphatic heterocycles. The summed E-state index contributed by atoms with van der Waals surface area (Å²) in [6, 6.07) is 14.1. The minimum atomic E-state index is -0.939. The number of rotatable bonds is 4. The van der Waals surface area contributed by atoms with E-state index in [0.717, 1.165) is 10.6 Å². The lowest BCUT2D eigenvalue weighted by Gasteiger charge is -2.06. The second kappa shape index (κ2) is 5.60. The molecule has 4 heteroatoms. The fourth-order valence-electron chi connectivity index (χ4n) is 1.47. The molecule has 0 fully saturated rings. The van der Waals surface area contributed by atoms with Crippen LogP contribution < -0.4 is 4.74 Å². The SMILES string of the molecule is CSc1cccc(Oc2ccc(C(=O)O)cc2)c1. The van der Waals surface area contributed by atoms with E-state index < -0.39 is 5.97 Å². The van der Waals surface area contributed by atoms with Gasteiger partial charge in [0.1, 0.15) is 11.5 Å². The van der Waals surface area contributed by atoms with Crippen molar-refractivity contribution >= 4 is 17.7 Å². The van der Waals surface area contributed by atoms with Crippen molar-refractivity contribution in [2.45, 2.75) is 4.90 Å². The Morgan fingerprint density at radius 1 is 1.11 bits per heavy atom. The number of hydrogen-bond donors (Lipinski definition) is 1. The van der Waals surface area contributed by atoms with Gasteiger partial charge >= 0.3 is 5.97 Å². The van der Waals surface area contributed by atoms with E-state index in [-0.39, 0.29) is 5.56 Å². The van der Waals surface area contributed by atoms with Crippen molar-refractivity contribution < 1.29 is 14.6 Å². The summed E-state index contributed by atoms with van der Waals surface area (Å²) in [4.78, 5) is 11.8. The Bertz CT molecular complexity index is 549. The average Bonchev–Trinajstić information content (AvgIpc) is 2.39. The summed E-state index contributed by atoms with van der Waals surface area (Å²) in [6.45, 7) is 0. The smallest absolute Gasteiger partial charge is 0.335 e. The van der Waals surface area contributed by atoms with Gasteiger partial charge in [-0.05, 0) is 48.7 Å². The molecule has 0 radical (unpaired) electrons. The highest BCUT2D eigenvalue weighted by atomic mass is 32.2. The normalized spacial score (nSPS) is 10.1. The first kappa shape index (κ1) is 12.5. The van der Waals surface area contributed by atoms with Gasteiger partial charge < -0.3 is 9.84 Å². The van der Waals surface area contributed by atoms with E-state index in [4.69, 9.17) is 9.84 Å². The van der Waals surface area contributed by atoms with E-state index in [2.05, 4.69) is 0 Å². The van der Waals surface area contributed by atoms with Crippen LogP contribution in [0.2, 0.25) is 0 Å². The number of carboxylic acids is 1. The topological polar surface area (TPSA) is 46.5 Å². The Labute approximate surface area is 109 Å². The van der Waals surface area contributed by atoms with Gasteiger partial charge in [-0.25, -0.2) is 4.79 Å². The van der Waals surface area contributed by atoms with Crippen molar-refractivity contribution in [2.75, 3.05) is 6.26 Å². The van der Waals surface area contributed by atoms with Crippen LogP contribution in [0.1, 0.15) is 10.4 Å². The Morgan fingerprint density at radius 2 is 1.83 bits per heavy atom. The number of thioether (sulfide) groups is 1. The summed E-state index contributed by atoms with van der Waals surface area (Å²) in [7, 11) is 0. The number of hydrogen-bond acceptors (Lipinski definition) is 3. The first-order valence-corrected chi connectivity index (χ1v) is 6.57. The van der Waals surface area contributed by atoms with Crippen LogP contribution in [0.15, 0.2) is 53.4 Å². The van der Waals surface area contributed by atoms with Crippen LogP contribution in [0.25, 0.3) is 0 Å². The predicted octanol–water partition coefficient (Wildman–Crippen LogP) is 3.90. The Hall–Kier alpha value is -1.94. The summed E-state index contributed by atoms with van der Waals surface area (Å²) in [6.07, 6.45) is 2.00. The largest absolute Gasteiger partial charge is 0.478 e. The van der Waals surface area contributed by atoms with Gasteiger partial charge in [-0.3, -0.25) is 0 Å². The highest BCUT2D eigenvalue weighted by Crippen LogP contribution is 2.25. The van der Waals surface area contributed by atoms with Crippen molar-refractivity contribution in [3.05, 3.63) is 54.1 Å². The molecule has 0 atom stereocenters. The molecular weight excluding hydrogens is 248 g/mol. The quantitative estimate of drug-likeness (QED) is 0.847. The molecule has 0 aliphatic rings. The Morgan fingerprint density at radius 3 is 2.44 bits per heavy atom. The fraction of sp³-hybridized carbons (Fsp3) is 0.0714. The van der Waals surface area contributed by atoms with Gasteiger partial charge in [0.2, 0.25) is 0 Å². The van der Waals surface area contributed by atoms with Gasteiger partial charge in [0.25, 0.3) is 0 Å². The zero-order valence-electron chi connectivity index (χ0n) is 9.79. The highest BCUT2D eigenvalue weighted by molar-refractivity contribution is 7.98. The van der Waals surface area contributed by atoms with Crippen LogP contribution in [0.4, 0.5) is 0 Å². The summed E-state index contributed by atoms with van der Waals surface area (Å²) in [5.41, 5.74) is 0.250. The average molecular weight is 260 g/mol. The molecule has 0 aliphatic carbocycles. The maximum atomic E-state index is 10.7. The third-order valence-electron chi connectivity index (χ3n) is 2.38. The minimum Gasteiger partial charge on any atom is -0.478 e. The molecule has 0 saturated heterocycles. The molecule has 2 rings (SSSR count). The van der Waals surface area contributed by atoms with Gasteiger partial charge in [-0.1, -0.05) is 6.07 Å². The molecule has 0 heterocycles. The van der Waals surface area contributed by atoms with Crippen LogP contribution in [0, 0.1) is 0 Å². The van der Waals surface area contributed by atoms with Gasteiger partial charge in [-0.15, -0.1) is 11.8 Å². The molecule has 2 aromatic rings. The maximum absolute atomic E-state index is 10.7. The fourth-order valence-corrected chi connectivity index (χ4v) is 1.91. The van der Waals surface area contributed by atoms with E-state index in [0.29, 0.717) is 5.75 Å². The Balaban J connectivity index is 2.15. The molecule has 0 spiro atoms. The van der Waals surface area contributed by atoms with Crippen LogP contribution >= 0.6 is 11.8 Å². The molecular formula is C14H12O3S. The molecule has 0 bridgehead atoms. The molecule has 0 saturated carbocycles. The standard InChI is InChI=1S/C14H12O3S/c1-18-13-4-2-3-12(9-13)17-11-7-5-10(6-8-11)14(15)16/h2-9H,1H3,(H,15,16). The summed E-state index contributed by atoms with van der Waals surface area (Å²) >= 11 is 1.64. The summed E-state index contributed by atoms with van der Waals surface area (Å²) < 4.78 is 5.65. The summed E-state index contributed by atoms with van der Waals surface area (Å²) in [5.74, 6) is 0.425. The van der Waals surface area contributed by atoms with Gasteiger partial charge in [0.15, 0.2) is 0 Å². The first-order valence-electron chi connectivity index (χ1n) is 5.34. The first-order chi connectivity index (χ1) is 8.69. The lowest BCUT2D eigenvalue weighted by Crippen LogP contribution is -1.95. The third-order valence-corrected chi connectivity index (χ3v) is 3.10. The van der Waals surface area contributed by atoms with E-state index in [1.807, 2.05) is 30.5 Å². The predicted molar refractivity (Wildman–Crippen MR) is 71.7 cm³/mol. The highest BCUT2D eigenvalue weighted by Gasteiger charge is 2.03. The molecule has 1 N–H and O–H groups in total. The third kappa shape index (κ3) is 3.05. The zero-order chi connectivity index (χ0) is 13.0. The Kier molecular flexibility index (Phi) is 3.89. The van der Waals surface area contributed by atoms with E-state index in [1.54, 1.807) is 23.9 Å². The summed E-state index contributed by atoms with van der Waals surface area (Å²) in [5, 5.41) is 8.79. The van der Waals surface area contributed by atoms with E-state index >= 15 is 0 Å². The monoisotopic (exact) mass is 260 g/mol. The lowest BCUT2D eigenvalue weighted by molar-refractivity contribution is 0.0697. The van der Waals surface area contributed by atoms with Crippen molar-refractivity contribution in [3.63, 3.8) is 0 Å². The number of aromatic carboxylic acids is 1. The van der Waals surface area contributed by atoms with E-state index in [9.17, 15) is 4.79 Å². The maximum Gasteiger partial charge on any atom is 0.335 e. The molecule has 2 aromatic carbocycles. The van der Waals surface area contributed by atoms with Crippen LogP contribution in [-0.2, 0) is 0 Å². The van der Waals surface area contributed by atoms with Crippen LogP contribution in [0.3, 0.4) is 0 Å². The molecule has 0 amide bonds. The molecule has 0 unspecified atom stereocenters. The van der Waals surface area contributed by atoms with E-state index in [1.165, 1.54) is 12.1 Å². The van der Waals surface area contributed by atoms with Gasteiger partial charge in [0.05, 0.1) is 5.56 Å². The molecule has 3 nitrogen and oxygen atoms in total. The van der Waals surface area contributed by atoms with Gasteiger partial charge in [0, 0.05) is 4.90 Å². The number of carboxylic acid groups (broad SMARTS) is 1. The zero-order valence-corrected chi connectivity index (χ0v) is 10.6. The lowest BCUT2D eigenvalue weighted by atomic mass is 10.2. The minimum absolute atomic E-state index is 0.250. The van der Waals surface area contributed by atoms with Crippen molar-refractivity contribution in [3.8, 4) is 11.5 Å². The van der Waals surface area contributed by atoms with Crippen molar-refractivity contribution in [2.24, 2.45) is 0 Å².